The van der Waals surface area contributed by atoms with Gasteiger partial charge in [-0.3, -0.25) is 4.79 Å². The Morgan fingerprint density at radius 2 is 1.90 bits per heavy atom. The van der Waals surface area contributed by atoms with Gasteiger partial charge in [0, 0.05) is 24.0 Å². The maximum Gasteiger partial charge on any atom is 0.251 e. The molecule has 0 atom stereocenters. The molecule has 2 aromatic rings. The molecule has 4 heteroatoms. The Hall–Kier alpha value is -2.10. The number of aryl methyl sites for hydroxylation is 1. The number of rotatable bonds is 7. The molecule has 0 spiro atoms. The highest BCUT2D eigenvalue weighted by Gasteiger charge is 2.06. The van der Waals surface area contributed by atoms with Crippen LogP contribution >= 0.6 is 0 Å². The lowest BCUT2D eigenvalue weighted by Crippen LogP contribution is -2.24. The number of hydrogen-bond acceptors (Lipinski definition) is 2. The first-order valence-corrected chi connectivity index (χ1v) is 7.61. The quantitative estimate of drug-likeness (QED) is 0.792. The number of nitrogens with zero attached hydrogens (tertiary/aromatic N) is 2. The van der Waals surface area contributed by atoms with Crippen molar-refractivity contribution in [1.82, 2.24) is 15.1 Å². The van der Waals surface area contributed by atoms with Crippen molar-refractivity contribution in [3.63, 3.8) is 0 Å². The van der Waals surface area contributed by atoms with Gasteiger partial charge in [-0.25, -0.2) is 4.68 Å². The third kappa shape index (κ3) is 4.18. The van der Waals surface area contributed by atoms with E-state index in [1.165, 1.54) is 19.3 Å². The van der Waals surface area contributed by atoms with Crippen LogP contribution in [0.25, 0.3) is 5.69 Å². The first kappa shape index (κ1) is 15.3. The van der Waals surface area contributed by atoms with Gasteiger partial charge in [-0.1, -0.05) is 26.2 Å². The minimum absolute atomic E-state index is 0.00441. The summed E-state index contributed by atoms with van der Waals surface area (Å²) in [7, 11) is 0. The van der Waals surface area contributed by atoms with Crippen molar-refractivity contribution in [3.8, 4) is 5.69 Å². The van der Waals surface area contributed by atoms with Crippen LogP contribution in [0.4, 0.5) is 0 Å². The number of unbranched alkanes of at least 4 members (excludes halogenated alkanes) is 3. The summed E-state index contributed by atoms with van der Waals surface area (Å²) in [4.78, 5) is 12.0. The van der Waals surface area contributed by atoms with Gasteiger partial charge in [0.1, 0.15) is 0 Å². The van der Waals surface area contributed by atoms with Gasteiger partial charge in [-0.15, -0.1) is 0 Å². The van der Waals surface area contributed by atoms with Gasteiger partial charge in [0.15, 0.2) is 0 Å². The summed E-state index contributed by atoms with van der Waals surface area (Å²) in [6.07, 6.45) is 6.43. The van der Waals surface area contributed by atoms with Gasteiger partial charge >= 0.3 is 0 Å². The summed E-state index contributed by atoms with van der Waals surface area (Å²) in [5.74, 6) is -0.00441. The van der Waals surface area contributed by atoms with Crippen LogP contribution in [-0.4, -0.2) is 22.2 Å². The molecule has 0 bridgehead atoms. The predicted molar refractivity (Wildman–Crippen MR) is 84.8 cm³/mol. The van der Waals surface area contributed by atoms with Crippen LogP contribution in [0, 0.1) is 6.92 Å². The van der Waals surface area contributed by atoms with Crippen LogP contribution in [0.15, 0.2) is 36.5 Å². The van der Waals surface area contributed by atoms with Crippen LogP contribution in [0.5, 0.6) is 0 Å². The third-order valence-corrected chi connectivity index (χ3v) is 3.52. The molecule has 1 aromatic heterocycles. The molecule has 4 nitrogen and oxygen atoms in total. The first-order chi connectivity index (χ1) is 10.2. The molecule has 0 aliphatic rings. The van der Waals surface area contributed by atoms with E-state index in [0.717, 1.165) is 24.3 Å². The molecule has 0 fully saturated rings. The molecule has 0 saturated heterocycles. The molecule has 0 unspecified atom stereocenters. The Labute approximate surface area is 126 Å². The van der Waals surface area contributed by atoms with Crippen molar-refractivity contribution < 1.29 is 4.79 Å². The number of carbonyl (C=O) groups excluding carboxylic acids is 1. The van der Waals surface area contributed by atoms with E-state index in [2.05, 4.69) is 17.3 Å². The molecule has 0 radical (unpaired) electrons. The second-order valence-electron chi connectivity index (χ2n) is 5.25. The fraction of sp³-hybridized carbons (Fsp3) is 0.412. The molecular formula is C17H23N3O. The van der Waals surface area contributed by atoms with Crippen LogP contribution in [0.2, 0.25) is 0 Å². The van der Waals surface area contributed by atoms with Gasteiger partial charge in [-0.2, -0.15) is 5.10 Å². The van der Waals surface area contributed by atoms with Crippen LogP contribution in [0.1, 0.15) is 48.7 Å². The van der Waals surface area contributed by atoms with Gasteiger partial charge in [0.05, 0.1) is 5.69 Å². The van der Waals surface area contributed by atoms with Gasteiger partial charge < -0.3 is 5.32 Å². The summed E-state index contributed by atoms with van der Waals surface area (Å²) in [6, 6.07) is 9.49. The second-order valence-corrected chi connectivity index (χ2v) is 5.25. The van der Waals surface area contributed by atoms with Crippen LogP contribution in [-0.2, 0) is 0 Å². The summed E-state index contributed by atoms with van der Waals surface area (Å²) >= 11 is 0. The minimum atomic E-state index is -0.00441. The van der Waals surface area contributed by atoms with Crippen molar-refractivity contribution in [1.29, 1.82) is 0 Å². The van der Waals surface area contributed by atoms with Gasteiger partial charge in [-0.05, 0) is 43.7 Å². The standard InChI is InChI=1S/C17H23N3O/c1-3-4-5-6-12-18-17(21)15-7-9-16(10-8-15)20-14(2)11-13-19-20/h7-11,13H,3-6,12H2,1-2H3,(H,18,21). The largest absolute Gasteiger partial charge is 0.352 e. The average molecular weight is 285 g/mol. The third-order valence-electron chi connectivity index (χ3n) is 3.52. The fourth-order valence-corrected chi connectivity index (χ4v) is 2.25. The van der Waals surface area contributed by atoms with Crippen molar-refractivity contribution >= 4 is 5.91 Å². The number of benzene rings is 1. The zero-order valence-corrected chi connectivity index (χ0v) is 12.8. The van der Waals surface area contributed by atoms with Gasteiger partial charge in [0.25, 0.3) is 5.91 Å². The lowest BCUT2D eigenvalue weighted by Gasteiger charge is -2.07. The molecule has 1 amide bonds. The molecule has 1 aromatic carbocycles. The van der Waals surface area contributed by atoms with Crippen LogP contribution in [0.3, 0.4) is 0 Å². The number of amides is 1. The number of carbonyl (C=O) groups is 1. The topological polar surface area (TPSA) is 46.9 Å². The first-order valence-electron chi connectivity index (χ1n) is 7.61. The SMILES string of the molecule is CCCCCCNC(=O)c1ccc(-n2nccc2C)cc1. The average Bonchev–Trinajstić information content (AvgIpc) is 2.93. The summed E-state index contributed by atoms with van der Waals surface area (Å²) < 4.78 is 1.85. The highest BCUT2D eigenvalue weighted by atomic mass is 16.1. The maximum atomic E-state index is 12.0. The maximum absolute atomic E-state index is 12.0. The molecule has 21 heavy (non-hydrogen) atoms. The summed E-state index contributed by atoms with van der Waals surface area (Å²) in [5, 5.41) is 7.22. The molecule has 0 aliphatic heterocycles. The number of nitrogens with one attached hydrogen (secondary N) is 1. The summed E-state index contributed by atoms with van der Waals surface area (Å²) in [6.45, 7) is 4.93. The van der Waals surface area contributed by atoms with E-state index in [9.17, 15) is 4.79 Å². The Bertz CT molecular complexity index is 572. The van der Waals surface area contributed by atoms with E-state index in [-0.39, 0.29) is 5.91 Å². The van der Waals surface area contributed by atoms with E-state index >= 15 is 0 Å². The lowest BCUT2D eigenvalue weighted by atomic mass is 10.1. The zero-order chi connectivity index (χ0) is 15.1. The number of aromatic nitrogens is 2. The normalized spacial score (nSPS) is 10.6. The van der Waals surface area contributed by atoms with Gasteiger partial charge in [0.2, 0.25) is 0 Å². The highest BCUT2D eigenvalue weighted by molar-refractivity contribution is 5.94. The van der Waals surface area contributed by atoms with E-state index in [1.54, 1.807) is 6.20 Å². The highest BCUT2D eigenvalue weighted by Crippen LogP contribution is 2.11. The summed E-state index contributed by atoms with van der Waals surface area (Å²) in [5.41, 5.74) is 2.74. The fourth-order valence-electron chi connectivity index (χ4n) is 2.25. The molecule has 112 valence electrons. The van der Waals surface area contributed by atoms with Crippen molar-refractivity contribution in [2.24, 2.45) is 0 Å². The van der Waals surface area contributed by atoms with E-state index in [0.29, 0.717) is 5.56 Å². The smallest absolute Gasteiger partial charge is 0.251 e. The Morgan fingerprint density at radius 1 is 1.14 bits per heavy atom. The zero-order valence-electron chi connectivity index (χ0n) is 12.8. The molecule has 1 heterocycles. The van der Waals surface area contributed by atoms with Crippen molar-refractivity contribution in [3.05, 3.63) is 47.8 Å². The Kier molecular flexibility index (Phi) is 5.55. The minimum Gasteiger partial charge on any atom is -0.352 e. The van der Waals surface area contributed by atoms with Crippen molar-refractivity contribution in [2.75, 3.05) is 6.54 Å². The lowest BCUT2D eigenvalue weighted by molar-refractivity contribution is 0.0953. The van der Waals surface area contributed by atoms with Crippen molar-refractivity contribution in [2.45, 2.75) is 39.5 Å². The number of hydrogen-bond donors (Lipinski definition) is 1. The Balaban J connectivity index is 1.90. The Morgan fingerprint density at radius 3 is 2.52 bits per heavy atom. The molecule has 1 N–H and O–H groups in total. The molecule has 0 aliphatic carbocycles. The monoisotopic (exact) mass is 285 g/mol. The molecule has 2 rings (SSSR count). The van der Waals surface area contributed by atoms with Crippen LogP contribution < -0.4 is 5.32 Å². The second kappa shape index (κ2) is 7.62. The van der Waals surface area contributed by atoms with E-state index in [4.69, 9.17) is 0 Å². The van der Waals surface area contributed by atoms with E-state index in [1.807, 2.05) is 41.9 Å². The molecule has 0 saturated carbocycles. The molecular weight excluding hydrogens is 262 g/mol. The predicted octanol–water partition coefficient (Wildman–Crippen LogP) is 3.49. The van der Waals surface area contributed by atoms with E-state index < -0.39 is 0 Å².